The maximum Gasteiger partial charge on any atom is 0.410 e. The van der Waals surface area contributed by atoms with Crippen LogP contribution in [0.25, 0.3) is 33.1 Å². The summed E-state index contributed by atoms with van der Waals surface area (Å²) >= 11 is 25.4. The summed E-state index contributed by atoms with van der Waals surface area (Å²) < 4.78 is 22.6. The van der Waals surface area contributed by atoms with E-state index in [-0.39, 0.29) is 39.7 Å². The van der Waals surface area contributed by atoms with Crippen molar-refractivity contribution >= 4 is 115 Å². The molecule has 2 aliphatic heterocycles. The van der Waals surface area contributed by atoms with Crippen molar-refractivity contribution in [3.63, 3.8) is 0 Å². The van der Waals surface area contributed by atoms with Crippen molar-refractivity contribution in [3.8, 4) is 34.5 Å². The normalized spacial score (nSPS) is 14.2. The summed E-state index contributed by atoms with van der Waals surface area (Å²) in [6.07, 6.45) is 18.7. The Hall–Kier alpha value is -10.5. The molecular formula is C78H76Cl4N14O8. The Morgan fingerprint density at radius 2 is 0.827 bits per heavy atom. The van der Waals surface area contributed by atoms with E-state index in [1.165, 1.54) is 38.2 Å². The number of rotatable bonds is 16. The molecule has 1 amide bonds. The number of aromatic amines is 3. The number of H-pyrrole nitrogens is 3. The van der Waals surface area contributed by atoms with Gasteiger partial charge in [-0.3, -0.25) is 14.4 Å². The molecule has 8 heterocycles. The van der Waals surface area contributed by atoms with Crippen LogP contribution in [0.4, 0.5) is 16.4 Å². The lowest BCUT2D eigenvalue weighted by Gasteiger charge is -2.32. The number of amides is 1. The maximum atomic E-state index is 13.4. The lowest BCUT2D eigenvalue weighted by molar-refractivity contribution is 0.0206. The minimum absolute atomic E-state index is 0.186. The number of halogens is 4. The first-order valence-electron chi connectivity index (χ1n) is 34.2. The molecular weight excluding hydrogens is 1400 g/mol. The predicted octanol–water partition coefficient (Wildman–Crippen LogP) is 17.8. The van der Waals surface area contributed by atoms with Gasteiger partial charge in [0, 0.05) is 84.7 Å². The molecule has 1 aliphatic carbocycles. The molecule has 3 aliphatic rings. The molecule has 104 heavy (non-hydrogen) atoms. The van der Waals surface area contributed by atoms with Gasteiger partial charge in [0.15, 0.2) is 17.3 Å². The summed E-state index contributed by atoms with van der Waals surface area (Å²) in [6.45, 7) is 8.98. The van der Waals surface area contributed by atoms with Gasteiger partial charge >= 0.3 is 6.09 Å². The van der Waals surface area contributed by atoms with E-state index >= 15 is 0 Å². The lowest BCUT2D eigenvalue weighted by Crippen LogP contribution is -2.44. The second kappa shape index (κ2) is 34.2. The molecule has 15 rings (SSSR count). The van der Waals surface area contributed by atoms with Gasteiger partial charge < -0.3 is 60.5 Å². The van der Waals surface area contributed by atoms with Crippen molar-refractivity contribution < 1.29 is 38.1 Å². The molecule has 2 saturated heterocycles. The van der Waals surface area contributed by atoms with Crippen LogP contribution in [0.5, 0.6) is 34.5 Å². The Morgan fingerprint density at radius 1 is 0.452 bits per heavy atom. The molecule has 6 aromatic carbocycles. The van der Waals surface area contributed by atoms with Gasteiger partial charge in [-0.05, 0) is 145 Å². The summed E-state index contributed by atoms with van der Waals surface area (Å²) in [5.41, 5.74) is 9.55. The summed E-state index contributed by atoms with van der Waals surface area (Å²) in [7, 11) is 0. The number of ketones is 3. The van der Waals surface area contributed by atoms with Gasteiger partial charge in [-0.15, -0.1) is 0 Å². The highest BCUT2D eigenvalue weighted by Crippen LogP contribution is 2.36. The van der Waals surface area contributed by atoms with Crippen molar-refractivity contribution in [2.24, 2.45) is 5.73 Å². The molecule has 0 atom stereocenters. The van der Waals surface area contributed by atoms with Crippen LogP contribution in [0.1, 0.15) is 126 Å². The van der Waals surface area contributed by atoms with Gasteiger partial charge in [0.25, 0.3) is 0 Å². The third kappa shape index (κ3) is 18.7. The minimum atomic E-state index is -0.406. The van der Waals surface area contributed by atoms with Crippen molar-refractivity contribution in [2.75, 3.05) is 36.8 Å². The van der Waals surface area contributed by atoms with Gasteiger partial charge in [-0.1, -0.05) is 120 Å². The SMILES string of the molecule is CC(C)(C)OC(=O)N1CCC(N)CC1.O=C(c1ccc(Oc2ccccc2)cc1Cl)c1c[nH]c2ncnc(Cl)c12.O=C(c1ccc(Oc2ccccc2)cc1Cl)c1c[nH]c2ncnc(NC3CCCCC3)c12.O=C(c1ccc(Oc2ccccc2)cc1Cl)c1c[nH]c2ncnc(NC3CCNCC3)c12. The van der Waals surface area contributed by atoms with Crippen molar-refractivity contribution in [2.45, 2.75) is 102 Å². The Morgan fingerprint density at radius 3 is 1.22 bits per heavy atom. The van der Waals surface area contributed by atoms with Gasteiger partial charge in [-0.2, -0.15) is 0 Å². The summed E-state index contributed by atoms with van der Waals surface area (Å²) in [4.78, 5) is 87.6. The first kappa shape index (κ1) is 73.3. The predicted molar refractivity (Wildman–Crippen MR) is 406 cm³/mol. The third-order valence-electron chi connectivity index (χ3n) is 17.4. The van der Waals surface area contributed by atoms with Crippen LogP contribution in [-0.4, -0.2) is 123 Å². The molecule has 3 fully saturated rings. The van der Waals surface area contributed by atoms with Crippen LogP contribution in [0.2, 0.25) is 20.2 Å². The average molecular weight is 1480 g/mol. The summed E-state index contributed by atoms with van der Waals surface area (Å²) in [5.74, 6) is 4.45. The van der Waals surface area contributed by atoms with E-state index in [1.54, 1.807) is 78.1 Å². The van der Waals surface area contributed by atoms with E-state index in [0.717, 1.165) is 64.7 Å². The minimum Gasteiger partial charge on any atom is -0.457 e. The quantitative estimate of drug-likeness (QED) is 0.0349. The van der Waals surface area contributed by atoms with E-state index in [4.69, 9.17) is 71.1 Å². The second-order valence-electron chi connectivity index (χ2n) is 26.0. The van der Waals surface area contributed by atoms with Gasteiger partial charge in [0.1, 0.15) is 92.8 Å². The zero-order valence-corrected chi connectivity index (χ0v) is 60.3. The molecule has 0 bridgehead atoms. The number of fused-ring (bicyclic) bond motifs is 3. The van der Waals surface area contributed by atoms with Crippen LogP contribution in [0.15, 0.2) is 183 Å². The van der Waals surface area contributed by atoms with Crippen LogP contribution in [-0.2, 0) is 4.74 Å². The Balaban J connectivity index is 0.000000135. The number of hydrogen-bond donors (Lipinski definition) is 7. The number of nitrogens with one attached hydrogen (secondary N) is 6. The monoisotopic (exact) mass is 1480 g/mol. The van der Waals surface area contributed by atoms with Crippen LogP contribution in [0, 0.1) is 0 Å². The molecule has 1 saturated carbocycles. The van der Waals surface area contributed by atoms with E-state index in [9.17, 15) is 19.2 Å². The van der Waals surface area contributed by atoms with Gasteiger partial charge in [0.2, 0.25) is 0 Å². The van der Waals surface area contributed by atoms with Gasteiger partial charge in [0.05, 0.1) is 47.9 Å². The van der Waals surface area contributed by atoms with Crippen LogP contribution in [0.3, 0.4) is 0 Å². The highest BCUT2D eigenvalue weighted by Gasteiger charge is 2.28. The Kier molecular flexibility index (Phi) is 24.1. The molecule has 0 radical (unpaired) electrons. The number of nitrogens with zero attached hydrogens (tertiary/aromatic N) is 7. The highest BCUT2D eigenvalue weighted by atomic mass is 35.5. The highest BCUT2D eigenvalue weighted by molar-refractivity contribution is 6.39. The number of aromatic nitrogens is 9. The molecule has 0 unspecified atom stereocenters. The number of hydrogen-bond acceptors (Lipinski definition) is 18. The molecule has 8 N–H and O–H groups in total. The number of ether oxygens (including phenoxy) is 4. The summed E-state index contributed by atoms with van der Waals surface area (Å²) in [5, 5.41) is 13.4. The number of carbonyl (C=O) groups excluding carboxylic acids is 4. The topological polar surface area (TPSA) is 295 Å². The molecule has 26 heteroatoms. The standard InChI is InChI=1S/C25H23ClN4O2.C24H22ClN5O2.C19H11Cl2N3O2.C10H20N2O2/c26-21-13-18(32-17-9-5-2-6-10-17)11-12-19(21)23(31)20-14-27-24-22(20)25(29-15-28-24)30-16-7-3-1-4-8-16;25-20-12-17(32-16-4-2-1-3-5-16)6-7-18(20)22(31)19-13-27-23-21(19)24(29-14-28-23)30-15-8-10-26-11-9-15;20-15-8-12(26-11-4-2-1-3-5-11)6-7-13(15)17(25)14-9-22-19-16(14)18(21)23-10-24-19;1-10(2,3)14-9(13)12-6-4-8(11)5-7-12/h2,5-6,9-16H,1,3-4,7-8H2,(H2,27,28,29,30);1-7,12-15,26H,8-11H2,(H2,27,28,29,30);1-10H,(H,22,23,24);8H,4-7,11H2,1-3H3. The smallest absolute Gasteiger partial charge is 0.410 e. The number of benzene rings is 6. The fourth-order valence-corrected chi connectivity index (χ4v) is 13.2. The Bertz CT molecular complexity index is 4760. The fraction of sp³-hybridized carbons (Fsp3) is 0.256. The van der Waals surface area contributed by atoms with Crippen LogP contribution < -0.4 is 35.9 Å². The zero-order chi connectivity index (χ0) is 72.7. The summed E-state index contributed by atoms with van der Waals surface area (Å²) in [6, 6.07) is 44.2. The first-order chi connectivity index (χ1) is 50.4. The molecule has 0 spiro atoms. The number of piperidine rings is 2. The third-order valence-corrected chi connectivity index (χ3v) is 18.6. The number of carbonyl (C=O) groups is 4. The number of para-hydroxylation sites is 3. The number of nitrogens with two attached hydrogens (primary N) is 1. The maximum absolute atomic E-state index is 13.4. The van der Waals surface area contributed by atoms with E-state index in [0.29, 0.717) is 135 Å². The van der Waals surface area contributed by atoms with Crippen molar-refractivity contribution in [1.82, 2.24) is 55.1 Å². The molecule has 534 valence electrons. The Labute approximate surface area is 620 Å². The van der Waals surface area contributed by atoms with Gasteiger partial charge in [-0.25, -0.2) is 34.7 Å². The number of likely N-dealkylation sites (tertiary alicyclic amines) is 1. The second-order valence-corrected chi connectivity index (χ2v) is 27.6. The van der Waals surface area contributed by atoms with Crippen LogP contribution >= 0.6 is 46.4 Å². The first-order valence-corrected chi connectivity index (χ1v) is 35.7. The molecule has 22 nitrogen and oxygen atoms in total. The largest absolute Gasteiger partial charge is 0.457 e. The van der Waals surface area contributed by atoms with Crippen molar-refractivity contribution in [1.29, 1.82) is 0 Å². The zero-order valence-electron chi connectivity index (χ0n) is 57.2. The van der Waals surface area contributed by atoms with E-state index < -0.39 is 5.60 Å². The lowest BCUT2D eigenvalue weighted by atomic mass is 9.95. The molecule has 12 aromatic rings. The van der Waals surface area contributed by atoms with E-state index in [2.05, 4.69) is 60.8 Å². The van der Waals surface area contributed by atoms with Crippen molar-refractivity contribution in [3.05, 3.63) is 237 Å². The van der Waals surface area contributed by atoms with E-state index in [1.807, 2.05) is 112 Å². The molecule has 6 aromatic heterocycles. The average Bonchev–Trinajstić information content (AvgIpc) is 1.61. The fourth-order valence-electron chi connectivity index (χ4n) is 12.2. The number of anilines is 2.